The van der Waals surface area contributed by atoms with Crippen LogP contribution in [0.3, 0.4) is 0 Å². The molecule has 7 nitrogen and oxygen atoms in total. The Balaban J connectivity index is 1.58. The van der Waals surface area contributed by atoms with Crippen LogP contribution in [0.1, 0.15) is 24.5 Å². The van der Waals surface area contributed by atoms with E-state index in [1.165, 1.54) is 18.0 Å². The number of carbonyl (C=O) groups is 2. The Morgan fingerprint density at radius 2 is 1.84 bits per heavy atom. The van der Waals surface area contributed by atoms with E-state index in [-0.39, 0.29) is 25.0 Å². The van der Waals surface area contributed by atoms with E-state index in [0.29, 0.717) is 17.0 Å². The molecule has 0 spiro atoms. The minimum Gasteiger partial charge on any atom is -0.484 e. The van der Waals surface area contributed by atoms with Crippen molar-refractivity contribution in [3.05, 3.63) is 70.1 Å². The number of ether oxygens (including phenoxy) is 1. The maximum absolute atomic E-state index is 12.4. The molecule has 0 fully saturated rings. The first-order valence-corrected chi connectivity index (χ1v) is 10.2. The molecule has 3 aromatic rings. The van der Waals surface area contributed by atoms with Crippen molar-refractivity contribution in [3.8, 4) is 5.75 Å². The third-order valence-electron chi connectivity index (χ3n) is 4.83. The van der Waals surface area contributed by atoms with Crippen molar-refractivity contribution in [1.29, 1.82) is 0 Å². The average molecular weight is 422 g/mol. The van der Waals surface area contributed by atoms with Crippen LogP contribution in [0.2, 0.25) is 0 Å². The Bertz CT molecular complexity index is 1130. The second kappa shape index (κ2) is 9.93. The number of fused-ring (bicyclic) bond motifs is 1. The van der Waals surface area contributed by atoms with E-state index in [9.17, 15) is 14.4 Å². The molecule has 0 aliphatic carbocycles. The molecule has 0 aliphatic heterocycles. The van der Waals surface area contributed by atoms with Crippen molar-refractivity contribution in [2.24, 2.45) is 0 Å². The number of likely N-dealkylation sites (N-methyl/N-ethyl adjacent to an activating group) is 1. The van der Waals surface area contributed by atoms with Gasteiger partial charge in [0.05, 0.1) is 6.54 Å². The molecule has 0 atom stereocenters. The topological polar surface area (TPSA) is 88.8 Å². The standard InChI is InChI=1S/C24H26N2O5/c1-4-5-17-12-24(29)31-21-13-19(10-11-20(17)21)30-15-23(28)26(3)14-22(27)25-18-8-6-16(2)7-9-18/h6-13H,4-5,14-15H2,1-3H3,(H,25,27). The van der Waals surface area contributed by atoms with Crippen molar-refractivity contribution in [2.75, 3.05) is 25.5 Å². The zero-order chi connectivity index (χ0) is 22.4. The third-order valence-corrected chi connectivity index (χ3v) is 4.83. The molecular formula is C24H26N2O5. The lowest BCUT2D eigenvalue weighted by Crippen LogP contribution is -2.37. The summed E-state index contributed by atoms with van der Waals surface area (Å²) >= 11 is 0. The largest absolute Gasteiger partial charge is 0.484 e. The summed E-state index contributed by atoms with van der Waals surface area (Å²) < 4.78 is 10.8. The fraction of sp³-hybridized carbons (Fsp3) is 0.292. The van der Waals surface area contributed by atoms with E-state index >= 15 is 0 Å². The van der Waals surface area contributed by atoms with Gasteiger partial charge >= 0.3 is 5.63 Å². The molecule has 0 bridgehead atoms. The zero-order valence-corrected chi connectivity index (χ0v) is 17.9. The van der Waals surface area contributed by atoms with E-state index in [1.54, 1.807) is 12.1 Å². The fourth-order valence-corrected chi connectivity index (χ4v) is 3.17. The first-order chi connectivity index (χ1) is 14.9. The quantitative estimate of drug-likeness (QED) is 0.561. The Hall–Kier alpha value is -3.61. The minimum absolute atomic E-state index is 0.0942. The van der Waals surface area contributed by atoms with Crippen LogP contribution in [-0.2, 0) is 16.0 Å². The average Bonchev–Trinajstić information content (AvgIpc) is 2.73. The first-order valence-electron chi connectivity index (χ1n) is 10.2. The van der Waals surface area contributed by atoms with Crippen molar-refractivity contribution in [1.82, 2.24) is 4.90 Å². The molecular weight excluding hydrogens is 396 g/mol. The van der Waals surface area contributed by atoms with Gasteiger partial charge in [-0.25, -0.2) is 4.79 Å². The van der Waals surface area contributed by atoms with Gasteiger partial charge in [0, 0.05) is 30.3 Å². The number of benzene rings is 2. The van der Waals surface area contributed by atoms with Gasteiger partial charge in [0.1, 0.15) is 11.3 Å². The summed E-state index contributed by atoms with van der Waals surface area (Å²) in [5.41, 5.74) is 2.70. The highest BCUT2D eigenvalue weighted by Gasteiger charge is 2.14. The Morgan fingerprint density at radius 3 is 2.55 bits per heavy atom. The van der Waals surface area contributed by atoms with Crippen LogP contribution in [0.4, 0.5) is 5.69 Å². The van der Waals surface area contributed by atoms with Gasteiger partial charge < -0.3 is 19.4 Å². The number of aryl methyl sites for hydroxylation is 2. The van der Waals surface area contributed by atoms with Crippen molar-refractivity contribution >= 4 is 28.5 Å². The normalized spacial score (nSPS) is 10.7. The van der Waals surface area contributed by atoms with Gasteiger partial charge in [-0.3, -0.25) is 9.59 Å². The molecule has 0 saturated heterocycles. The molecule has 162 valence electrons. The predicted octanol–water partition coefficient (Wildman–Crippen LogP) is 3.53. The summed E-state index contributed by atoms with van der Waals surface area (Å²) in [6, 6.07) is 14.1. The van der Waals surface area contributed by atoms with Gasteiger partial charge in [-0.15, -0.1) is 0 Å². The van der Waals surface area contributed by atoms with Crippen LogP contribution in [0.15, 0.2) is 57.7 Å². The molecule has 1 aromatic heterocycles. The molecule has 1 N–H and O–H groups in total. The molecule has 7 heteroatoms. The van der Waals surface area contributed by atoms with E-state index in [4.69, 9.17) is 9.15 Å². The minimum atomic E-state index is -0.413. The molecule has 1 heterocycles. The molecule has 0 aliphatic rings. The highest BCUT2D eigenvalue weighted by Crippen LogP contribution is 2.23. The maximum Gasteiger partial charge on any atom is 0.336 e. The van der Waals surface area contributed by atoms with E-state index < -0.39 is 5.63 Å². The lowest BCUT2D eigenvalue weighted by molar-refractivity contribution is -0.135. The number of hydrogen-bond donors (Lipinski definition) is 1. The van der Waals surface area contributed by atoms with E-state index in [0.717, 1.165) is 29.4 Å². The van der Waals surface area contributed by atoms with Crippen LogP contribution in [0, 0.1) is 6.92 Å². The third kappa shape index (κ3) is 5.94. The molecule has 3 rings (SSSR count). The van der Waals surface area contributed by atoms with Gasteiger partial charge in [0.25, 0.3) is 5.91 Å². The van der Waals surface area contributed by atoms with Crippen LogP contribution in [0.5, 0.6) is 5.75 Å². The summed E-state index contributed by atoms with van der Waals surface area (Å²) in [7, 11) is 1.54. The van der Waals surface area contributed by atoms with Crippen LogP contribution >= 0.6 is 0 Å². The fourth-order valence-electron chi connectivity index (χ4n) is 3.17. The molecule has 2 amide bonds. The second-order valence-corrected chi connectivity index (χ2v) is 7.45. The zero-order valence-electron chi connectivity index (χ0n) is 17.9. The smallest absolute Gasteiger partial charge is 0.336 e. The van der Waals surface area contributed by atoms with Gasteiger partial charge in [-0.2, -0.15) is 0 Å². The molecule has 2 aromatic carbocycles. The molecule has 0 unspecified atom stereocenters. The molecule has 0 saturated carbocycles. The number of rotatable bonds is 8. The Kier molecular flexibility index (Phi) is 7.07. The molecule has 31 heavy (non-hydrogen) atoms. The Labute approximate surface area is 180 Å². The van der Waals surface area contributed by atoms with E-state index in [2.05, 4.69) is 5.32 Å². The monoisotopic (exact) mass is 422 g/mol. The highest BCUT2D eigenvalue weighted by molar-refractivity contribution is 5.94. The van der Waals surface area contributed by atoms with Gasteiger partial charge in [0.15, 0.2) is 6.61 Å². The number of anilines is 1. The number of carbonyl (C=O) groups excluding carboxylic acids is 2. The first kappa shape index (κ1) is 22.1. The number of nitrogens with zero attached hydrogens (tertiary/aromatic N) is 1. The van der Waals surface area contributed by atoms with Crippen molar-refractivity contribution in [2.45, 2.75) is 26.7 Å². The van der Waals surface area contributed by atoms with Crippen LogP contribution < -0.4 is 15.7 Å². The van der Waals surface area contributed by atoms with Crippen LogP contribution in [-0.4, -0.2) is 36.9 Å². The van der Waals surface area contributed by atoms with Gasteiger partial charge in [0.2, 0.25) is 5.91 Å². The molecule has 0 radical (unpaired) electrons. The lowest BCUT2D eigenvalue weighted by Gasteiger charge is -2.17. The lowest BCUT2D eigenvalue weighted by atomic mass is 10.1. The predicted molar refractivity (Wildman–Crippen MR) is 119 cm³/mol. The number of amides is 2. The summed E-state index contributed by atoms with van der Waals surface area (Å²) in [6.07, 6.45) is 1.69. The highest BCUT2D eigenvalue weighted by atomic mass is 16.5. The second-order valence-electron chi connectivity index (χ2n) is 7.45. The van der Waals surface area contributed by atoms with Crippen LogP contribution in [0.25, 0.3) is 11.0 Å². The van der Waals surface area contributed by atoms with Crippen molar-refractivity contribution in [3.63, 3.8) is 0 Å². The number of nitrogens with one attached hydrogen (secondary N) is 1. The Morgan fingerprint density at radius 1 is 1.10 bits per heavy atom. The summed E-state index contributed by atoms with van der Waals surface area (Å²) in [5.74, 6) is -0.230. The van der Waals surface area contributed by atoms with Gasteiger partial charge in [-0.1, -0.05) is 31.0 Å². The van der Waals surface area contributed by atoms with Gasteiger partial charge in [-0.05, 0) is 43.2 Å². The maximum atomic E-state index is 12.4. The summed E-state index contributed by atoms with van der Waals surface area (Å²) in [4.78, 5) is 37.6. The van der Waals surface area contributed by atoms with Crippen molar-refractivity contribution < 1.29 is 18.7 Å². The summed E-state index contributed by atoms with van der Waals surface area (Å²) in [6.45, 7) is 3.67. The van der Waals surface area contributed by atoms with E-state index in [1.807, 2.05) is 44.2 Å². The SMILES string of the molecule is CCCc1cc(=O)oc2cc(OCC(=O)N(C)CC(=O)Nc3ccc(C)cc3)ccc12. The number of hydrogen-bond acceptors (Lipinski definition) is 5. The summed E-state index contributed by atoms with van der Waals surface area (Å²) in [5, 5.41) is 3.61.